The molecule has 2 aromatic rings. The van der Waals surface area contributed by atoms with Gasteiger partial charge in [-0.15, -0.1) is 0 Å². The largest absolute Gasteiger partial charge is 0.496 e. The average Bonchev–Trinajstić information content (AvgIpc) is 2.77. The van der Waals surface area contributed by atoms with E-state index in [0.29, 0.717) is 0 Å². The molecule has 0 saturated heterocycles. The van der Waals surface area contributed by atoms with Gasteiger partial charge < -0.3 is 10.5 Å². The third-order valence-electron chi connectivity index (χ3n) is 4.13. The predicted octanol–water partition coefficient (Wildman–Crippen LogP) is 3.80. The van der Waals surface area contributed by atoms with E-state index in [9.17, 15) is 0 Å². The molecule has 3 rings (SSSR count). The summed E-state index contributed by atoms with van der Waals surface area (Å²) < 4.78 is 6.25. The second-order valence-corrected chi connectivity index (χ2v) is 6.31. The van der Waals surface area contributed by atoms with E-state index in [1.54, 1.807) is 7.11 Å². The molecule has 0 aromatic heterocycles. The van der Waals surface area contributed by atoms with Crippen LogP contribution in [0.4, 0.5) is 0 Å². The van der Waals surface area contributed by atoms with E-state index >= 15 is 0 Å². The van der Waals surface area contributed by atoms with Gasteiger partial charge >= 0.3 is 0 Å². The van der Waals surface area contributed by atoms with Crippen LogP contribution in [0.5, 0.6) is 5.75 Å². The zero-order valence-electron chi connectivity index (χ0n) is 11.5. The van der Waals surface area contributed by atoms with E-state index in [1.165, 1.54) is 16.7 Å². The number of ether oxygens (including phenoxy) is 1. The van der Waals surface area contributed by atoms with Gasteiger partial charge in [-0.2, -0.15) is 0 Å². The van der Waals surface area contributed by atoms with E-state index in [4.69, 9.17) is 10.5 Å². The fraction of sp³-hybridized carbons (Fsp3) is 0.294. The minimum atomic E-state index is -0.245. The summed E-state index contributed by atoms with van der Waals surface area (Å²) >= 11 is 3.54. The Bertz CT molecular complexity index is 641. The number of methoxy groups -OCH3 is 1. The van der Waals surface area contributed by atoms with Gasteiger partial charge in [-0.1, -0.05) is 30.3 Å². The summed E-state index contributed by atoms with van der Waals surface area (Å²) in [5, 5.41) is 0. The zero-order valence-corrected chi connectivity index (χ0v) is 13.1. The highest BCUT2D eigenvalue weighted by molar-refractivity contribution is 9.10. The standard InChI is InChI=1S/C17H18BrNO/c1-20-16-7-6-12(10-15(16)18)11-17(19)9-8-13-4-2-3-5-14(13)17/h2-7,10H,8-9,11,19H2,1H3. The Morgan fingerprint density at radius 1 is 1.25 bits per heavy atom. The van der Waals surface area contributed by atoms with E-state index < -0.39 is 0 Å². The smallest absolute Gasteiger partial charge is 0.133 e. The van der Waals surface area contributed by atoms with E-state index in [-0.39, 0.29) is 5.54 Å². The second kappa shape index (κ2) is 5.23. The number of hydrogen-bond acceptors (Lipinski definition) is 2. The lowest BCUT2D eigenvalue weighted by molar-refractivity contribution is 0.410. The fourth-order valence-corrected chi connectivity index (χ4v) is 3.67. The van der Waals surface area contributed by atoms with Crippen molar-refractivity contribution in [2.75, 3.05) is 7.11 Å². The van der Waals surface area contributed by atoms with Crippen LogP contribution in [-0.4, -0.2) is 7.11 Å². The Morgan fingerprint density at radius 2 is 2.05 bits per heavy atom. The van der Waals surface area contributed by atoms with Crippen molar-refractivity contribution in [3.05, 3.63) is 63.6 Å². The molecule has 0 amide bonds. The van der Waals surface area contributed by atoms with Crippen LogP contribution in [0.15, 0.2) is 46.9 Å². The molecule has 20 heavy (non-hydrogen) atoms. The van der Waals surface area contributed by atoms with Crippen molar-refractivity contribution < 1.29 is 4.74 Å². The molecule has 1 unspecified atom stereocenters. The number of nitrogens with two attached hydrogens (primary N) is 1. The monoisotopic (exact) mass is 331 g/mol. The van der Waals surface area contributed by atoms with Gasteiger partial charge in [0.2, 0.25) is 0 Å². The van der Waals surface area contributed by atoms with Crippen molar-refractivity contribution in [1.82, 2.24) is 0 Å². The summed E-state index contributed by atoms with van der Waals surface area (Å²) in [5.74, 6) is 0.853. The zero-order chi connectivity index (χ0) is 14.2. The van der Waals surface area contributed by atoms with Crippen molar-refractivity contribution >= 4 is 15.9 Å². The van der Waals surface area contributed by atoms with Gasteiger partial charge in [0.25, 0.3) is 0 Å². The van der Waals surface area contributed by atoms with E-state index in [1.807, 2.05) is 6.07 Å². The number of rotatable bonds is 3. The van der Waals surface area contributed by atoms with Crippen LogP contribution in [0, 0.1) is 0 Å². The van der Waals surface area contributed by atoms with E-state index in [0.717, 1.165) is 29.5 Å². The number of aryl methyl sites for hydroxylation is 1. The lowest BCUT2D eigenvalue weighted by Gasteiger charge is -2.26. The third-order valence-corrected chi connectivity index (χ3v) is 4.75. The second-order valence-electron chi connectivity index (χ2n) is 5.46. The molecule has 0 fully saturated rings. The predicted molar refractivity (Wildman–Crippen MR) is 85.0 cm³/mol. The molecular weight excluding hydrogens is 314 g/mol. The first-order valence-electron chi connectivity index (χ1n) is 6.82. The number of halogens is 1. The number of benzene rings is 2. The van der Waals surface area contributed by atoms with Gasteiger partial charge in [0.15, 0.2) is 0 Å². The first kappa shape index (κ1) is 13.7. The van der Waals surface area contributed by atoms with Crippen LogP contribution in [0.1, 0.15) is 23.1 Å². The first-order valence-corrected chi connectivity index (χ1v) is 7.61. The van der Waals surface area contributed by atoms with Crippen molar-refractivity contribution in [2.24, 2.45) is 5.73 Å². The van der Waals surface area contributed by atoms with Crippen LogP contribution >= 0.6 is 15.9 Å². The molecule has 2 N–H and O–H groups in total. The number of hydrogen-bond donors (Lipinski definition) is 1. The molecule has 1 aliphatic carbocycles. The Hall–Kier alpha value is -1.32. The van der Waals surface area contributed by atoms with Crippen LogP contribution in [0.3, 0.4) is 0 Å². The van der Waals surface area contributed by atoms with Gasteiger partial charge in [0, 0.05) is 5.54 Å². The third kappa shape index (κ3) is 2.36. The SMILES string of the molecule is COc1ccc(CC2(N)CCc3ccccc32)cc1Br. The topological polar surface area (TPSA) is 35.2 Å². The summed E-state index contributed by atoms with van der Waals surface area (Å²) in [6, 6.07) is 14.7. The highest BCUT2D eigenvalue weighted by atomic mass is 79.9. The minimum absolute atomic E-state index is 0.245. The Kier molecular flexibility index (Phi) is 3.57. The number of fused-ring (bicyclic) bond motifs is 1. The minimum Gasteiger partial charge on any atom is -0.496 e. The van der Waals surface area contributed by atoms with Gasteiger partial charge in [-0.05, 0) is 64.0 Å². The summed E-state index contributed by atoms with van der Waals surface area (Å²) in [7, 11) is 1.68. The normalized spacial score (nSPS) is 20.8. The van der Waals surface area contributed by atoms with Gasteiger partial charge in [-0.25, -0.2) is 0 Å². The maximum Gasteiger partial charge on any atom is 0.133 e. The molecule has 0 saturated carbocycles. The maximum atomic E-state index is 6.68. The Labute approximate surface area is 128 Å². The summed E-state index contributed by atoms with van der Waals surface area (Å²) in [6.07, 6.45) is 2.94. The highest BCUT2D eigenvalue weighted by Gasteiger charge is 2.34. The molecule has 2 nitrogen and oxygen atoms in total. The molecule has 3 heteroatoms. The van der Waals surface area contributed by atoms with Crippen LogP contribution in [0.2, 0.25) is 0 Å². The van der Waals surface area contributed by atoms with Crippen LogP contribution in [-0.2, 0) is 18.4 Å². The molecule has 0 aliphatic heterocycles. The molecular formula is C17H18BrNO. The summed E-state index contributed by atoms with van der Waals surface area (Å²) in [5.41, 5.74) is 10.4. The molecule has 0 heterocycles. The lowest BCUT2D eigenvalue weighted by Crippen LogP contribution is -2.36. The quantitative estimate of drug-likeness (QED) is 0.928. The molecule has 2 aromatic carbocycles. The molecule has 1 aliphatic rings. The molecule has 1 atom stereocenters. The summed E-state index contributed by atoms with van der Waals surface area (Å²) in [6.45, 7) is 0. The molecule has 104 valence electrons. The van der Waals surface area contributed by atoms with E-state index in [2.05, 4.69) is 52.3 Å². The van der Waals surface area contributed by atoms with Crippen molar-refractivity contribution in [3.8, 4) is 5.75 Å². The molecule has 0 bridgehead atoms. The van der Waals surface area contributed by atoms with Crippen molar-refractivity contribution in [3.63, 3.8) is 0 Å². The van der Waals surface area contributed by atoms with Gasteiger partial charge in [-0.3, -0.25) is 0 Å². The fourth-order valence-electron chi connectivity index (χ4n) is 3.08. The summed E-state index contributed by atoms with van der Waals surface area (Å²) in [4.78, 5) is 0. The Morgan fingerprint density at radius 3 is 2.80 bits per heavy atom. The maximum absolute atomic E-state index is 6.68. The molecule has 0 radical (unpaired) electrons. The highest BCUT2D eigenvalue weighted by Crippen LogP contribution is 2.38. The van der Waals surface area contributed by atoms with Gasteiger partial charge in [0.05, 0.1) is 11.6 Å². The van der Waals surface area contributed by atoms with Crippen molar-refractivity contribution in [1.29, 1.82) is 0 Å². The van der Waals surface area contributed by atoms with Crippen LogP contribution in [0.25, 0.3) is 0 Å². The van der Waals surface area contributed by atoms with Crippen LogP contribution < -0.4 is 10.5 Å². The van der Waals surface area contributed by atoms with Gasteiger partial charge in [0.1, 0.15) is 5.75 Å². The van der Waals surface area contributed by atoms with Crippen molar-refractivity contribution in [2.45, 2.75) is 24.8 Å². The lowest BCUT2D eigenvalue weighted by atomic mass is 9.86. The molecule has 0 spiro atoms. The Balaban J connectivity index is 1.90. The average molecular weight is 332 g/mol. The first-order chi connectivity index (χ1) is 9.62.